The Morgan fingerprint density at radius 3 is 2.46 bits per heavy atom. The van der Waals surface area contributed by atoms with Crippen molar-refractivity contribution in [2.45, 2.75) is 25.0 Å². The molecule has 7 nitrogen and oxygen atoms in total. The maximum absolute atomic E-state index is 12.2. The Kier molecular flexibility index (Phi) is 6.28. The van der Waals surface area contributed by atoms with Crippen LogP contribution in [-0.2, 0) is 0 Å². The zero-order valence-electron chi connectivity index (χ0n) is 15.5. The maximum Gasteiger partial charge on any atom is 0.252 e. The lowest BCUT2D eigenvalue weighted by Crippen LogP contribution is -2.45. The number of benzene rings is 2. The molecule has 0 spiro atoms. The fourth-order valence-corrected chi connectivity index (χ4v) is 3.43. The van der Waals surface area contributed by atoms with Crippen LogP contribution >= 0.6 is 0 Å². The van der Waals surface area contributed by atoms with E-state index in [0.717, 1.165) is 25.9 Å². The lowest BCUT2D eigenvalue weighted by atomic mass is 10.0. The van der Waals surface area contributed by atoms with Crippen LogP contribution in [0.4, 0.5) is 0 Å². The van der Waals surface area contributed by atoms with Gasteiger partial charge in [-0.1, -0.05) is 24.3 Å². The number of primary amides is 1. The molecule has 0 saturated carbocycles. The lowest BCUT2D eigenvalue weighted by Gasteiger charge is -2.33. The quantitative estimate of drug-likeness (QED) is 0.602. The normalized spacial score (nSPS) is 16.5. The van der Waals surface area contributed by atoms with Gasteiger partial charge in [0.1, 0.15) is 5.75 Å². The fraction of sp³-hybridized carbons (Fsp3) is 0.333. The number of nitrogens with two attached hydrogens (primary N) is 1. The third-order valence-corrected chi connectivity index (χ3v) is 5.06. The van der Waals surface area contributed by atoms with E-state index in [0.29, 0.717) is 17.7 Å². The summed E-state index contributed by atoms with van der Waals surface area (Å²) in [5, 5.41) is 23.2. The molecule has 0 aliphatic carbocycles. The predicted molar refractivity (Wildman–Crippen MR) is 105 cm³/mol. The number of nitrogens with zero attached hydrogens (tertiary/aromatic N) is 1. The first-order valence-corrected chi connectivity index (χ1v) is 9.33. The minimum Gasteiger partial charge on any atom is -0.507 e. The van der Waals surface area contributed by atoms with Gasteiger partial charge in [-0.15, -0.1) is 0 Å². The summed E-state index contributed by atoms with van der Waals surface area (Å²) in [7, 11) is 0. The Labute approximate surface area is 163 Å². The number of carbonyl (C=O) groups excluding carboxylic acids is 2. The first-order valence-electron chi connectivity index (χ1n) is 9.33. The molecule has 28 heavy (non-hydrogen) atoms. The molecule has 2 aromatic carbocycles. The Bertz CT molecular complexity index is 833. The van der Waals surface area contributed by atoms with E-state index in [4.69, 9.17) is 5.73 Å². The third kappa shape index (κ3) is 4.88. The van der Waals surface area contributed by atoms with Crippen LogP contribution in [-0.4, -0.2) is 52.6 Å². The molecule has 2 amide bonds. The molecular weight excluding hydrogens is 358 g/mol. The number of piperidine rings is 1. The summed E-state index contributed by atoms with van der Waals surface area (Å²) in [5.41, 5.74) is 6.42. The molecule has 148 valence electrons. The van der Waals surface area contributed by atoms with Gasteiger partial charge in [-0.25, -0.2) is 0 Å². The number of aliphatic hydroxyl groups is 1. The van der Waals surface area contributed by atoms with Crippen molar-refractivity contribution < 1.29 is 19.8 Å². The van der Waals surface area contributed by atoms with Gasteiger partial charge in [-0.2, -0.15) is 0 Å². The third-order valence-electron chi connectivity index (χ3n) is 5.06. The van der Waals surface area contributed by atoms with Crippen LogP contribution in [0.5, 0.6) is 5.75 Å². The van der Waals surface area contributed by atoms with Crippen molar-refractivity contribution in [2.24, 2.45) is 5.73 Å². The molecule has 0 aromatic heterocycles. The van der Waals surface area contributed by atoms with Crippen molar-refractivity contribution in [3.05, 3.63) is 65.2 Å². The molecule has 7 heteroatoms. The van der Waals surface area contributed by atoms with Gasteiger partial charge in [0.05, 0.1) is 11.7 Å². The van der Waals surface area contributed by atoms with Gasteiger partial charge in [-0.3, -0.25) is 9.59 Å². The highest BCUT2D eigenvalue weighted by molar-refractivity contribution is 5.95. The number of amides is 2. The van der Waals surface area contributed by atoms with E-state index in [-0.39, 0.29) is 23.3 Å². The SMILES string of the molecule is NC(=O)c1cc(C(O)CN2CCC(NC(=O)c3ccccc3)CC2)ccc1O. The Hall–Kier alpha value is -2.90. The van der Waals surface area contributed by atoms with Crippen molar-refractivity contribution in [1.29, 1.82) is 0 Å². The second-order valence-electron chi connectivity index (χ2n) is 7.07. The maximum atomic E-state index is 12.2. The largest absolute Gasteiger partial charge is 0.507 e. The molecule has 1 unspecified atom stereocenters. The summed E-state index contributed by atoms with van der Waals surface area (Å²) in [6, 6.07) is 13.6. The van der Waals surface area contributed by atoms with Crippen molar-refractivity contribution in [2.75, 3.05) is 19.6 Å². The average molecular weight is 383 g/mol. The van der Waals surface area contributed by atoms with E-state index < -0.39 is 12.0 Å². The van der Waals surface area contributed by atoms with Crippen molar-refractivity contribution in [3.63, 3.8) is 0 Å². The molecular formula is C21H25N3O4. The van der Waals surface area contributed by atoms with E-state index in [9.17, 15) is 19.8 Å². The molecule has 0 radical (unpaired) electrons. The summed E-state index contributed by atoms with van der Waals surface area (Å²) >= 11 is 0. The van der Waals surface area contributed by atoms with Crippen molar-refractivity contribution in [3.8, 4) is 5.75 Å². The smallest absolute Gasteiger partial charge is 0.252 e. The predicted octanol–water partition coefficient (Wildman–Crippen LogP) is 1.42. The summed E-state index contributed by atoms with van der Waals surface area (Å²) in [5.74, 6) is -0.998. The molecule has 1 atom stereocenters. The van der Waals surface area contributed by atoms with E-state index in [1.165, 1.54) is 12.1 Å². The van der Waals surface area contributed by atoms with Crippen LogP contribution in [0.1, 0.15) is 45.2 Å². The zero-order valence-corrected chi connectivity index (χ0v) is 15.5. The van der Waals surface area contributed by atoms with E-state index in [1.807, 2.05) is 18.2 Å². The topological polar surface area (TPSA) is 116 Å². The van der Waals surface area contributed by atoms with Gasteiger partial charge in [0.25, 0.3) is 11.8 Å². The summed E-state index contributed by atoms with van der Waals surface area (Å²) in [6.45, 7) is 1.90. The van der Waals surface area contributed by atoms with Crippen LogP contribution in [0.3, 0.4) is 0 Å². The standard InChI is InChI=1S/C21H25N3O4/c22-20(27)17-12-15(6-7-18(17)25)19(26)13-24-10-8-16(9-11-24)23-21(28)14-4-2-1-3-5-14/h1-7,12,16,19,25-26H,8-11,13H2,(H2,22,27)(H,23,28). The van der Waals surface area contributed by atoms with Crippen LogP contribution in [0, 0.1) is 0 Å². The monoisotopic (exact) mass is 383 g/mol. The first kappa shape index (κ1) is 19.9. The molecule has 3 rings (SSSR count). The molecule has 1 fully saturated rings. The lowest BCUT2D eigenvalue weighted by molar-refractivity contribution is 0.0826. The number of hydrogen-bond acceptors (Lipinski definition) is 5. The molecule has 1 heterocycles. The number of likely N-dealkylation sites (tertiary alicyclic amines) is 1. The van der Waals surface area contributed by atoms with E-state index in [2.05, 4.69) is 10.2 Å². The molecule has 1 aliphatic rings. The number of aliphatic hydroxyl groups excluding tert-OH is 1. The first-order chi connectivity index (χ1) is 13.4. The van der Waals surface area contributed by atoms with Gasteiger partial charge in [0.15, 0.2) is 0 Å². The number of β-amino-alcohol motifs (C(OH)–C–C–N with tert-alkyl or cyclic N) is 1. The van der Waals surface area contributed by atoms with E-state index >= 15 is 0 Å². The minimum absolute atomic E-state index is 0.00103. The second kappa shape index (κ2) is 8.86. The minimum atomic E-state index is -0.797. The van der Waals surface area contributed by atoms with Crippen LogP contribution in [0.25, 0.3) is 0 Å². The molecule has 5 N–H and O–H groups in total. The Balaban J connectivity index is 1.51. The van der Waals surface area contributed by atoms with Gasteiger partial charge >= 0.3 is 0 Å². The summed E-state index contributed by atoms with van der Waals surface area (Å²) < 4.78 is 0. The second-order valence-corrected chi connectivity index (χ2v) is 7.07. The number of phenols is 1. The van der Waals surface area contributed by atoms with Gasteiger partial charge in [0.2, 0.25) is 0 Å². The highest BCUT2D eigenvalue weighted by Gasteiger charge is 2.23. The zero-order chi connectivity index (χ0) is 20.1. The summed E-state index contributed by atoms with van der Waals surface area (Å²) in [4.78, 5) is 25.7. The highest BCUT2D eigenvalue weighted by atomic mass is 16.3. The number of rotatable bonds is 6. The molecule has 1 aliphatic heterocycles. The number of carbonyl (C=O) groups is 2. The van der Waals surface area contributed by atoms with Gasteiger partial charge < -0.3 is 26.2 Å². The number of hydrogen-bond donors (Lipinski definition) is 4. The molecule has 0 bridgehead atoms. The Morgan fingerprint density at radius 1 is 1.14 bits per heavy atom. The Morgan fingerprint density at radius 2 is 1.82 bits per heavy atom. The van der Waals surface area contributed by atoms with Gasteiger partial charge in [0, 0.05) is 31.2 Å². The van der Waals surface area contributed by atoms with Crippen molar-refractivity contribution >= 4 is 11.8 Å². The average Bonchev–Trinajstić information content (AvgIpc) is 2.70. The number of aromatic hydroxyl groups is 1. The fourth-order valence-electron chi connectivity index (χ4n) is 3.43. The van der Waals surface area contributed by atoms with Crippen LogP contribution < -0.4 is 11.1 Å². The highest BCUT2D eigenvalue weighted by Crippen LogP contribution is 2.23. The van der Waals surface area contributed by atoms with Crippen LogP contribution in [0.15, 0.2) is 48.5 Å². The van der Waals surface area contributed by atoms with E-state index in [1.54, 1.807) is 18.2 Å². The van der Waals surface area contributed by atoms with Crippen LogP contribution in [0.2, 0.25) is 0 Å². The van der Waals surface area contributed by atoms with Crippen molar-refractivity contribution in [1.82, 2.24) is 10.2 Å². The number of nitrogens with one attached hydrogen (secondary N) is 1. The van der Waals surface area contributed by atoms with Gasteiger partial charge in [-0.05, 0) is 42.7 Å². The summed E-state index contributed by atoms with van der Waals surface area (Å²) in [6.07, 6.45) is 0.801. The molecule has 2 aromatic rings. The molecule has 1 saturated heterocycles.